The highest BCUT2D eigenvalue weighted by atomic mass is 19.1. The van der Waals surface area contributed by atoms with Crippen LogP contribution in [0.2, 0.25) is 0 Å². The molecule has 1 aliphatic rings. The van der Waals surface area contributed by atoms with E-state index in [2.05, 4.69) is 16.9 Å². The number of nitrogens with one attached hydrogen (secondary N) is 1. The highest BCUT2D eigenvalue weighted by Crippen LogP contribution is 2.45. The van der Waals surface area contributed by atoms with Gasteiger partial charge in [-0.2, -0.15) is 0 Å². The second-order valence-electron chi connectivity index (χ2n) is 5.74. The third kappa shape index (κ3) is 3.40. The third-order valence-corrected chi connectivity index (χ3v) is 3.93. The summed E-state index contributed by atoms with van der Waals surface area (Å²) in [6, 6.07) is 3.97. The fraction of sp³-hybridized carbons (Fsp3) is 0.438. The van der Waals surface area contributed by atoms with Crippen molar-refractivity contribution in [1.82, 2.24) is 5.32 Å². The fourth-order valence-electron chi connectivity index (χ4n) is 2.63. The summed E-state index contributed by atoms with van der Waals surface area (Å²) in [4.78, 5) is 4.26. The Hall–Kier alpha value is -1.91. The van der Waals surface area contributed by atoms with Gasteiger partial charge in [0, 0.05) is 17.5 Å². The SMILES string of the molecule is C=C(C)CNC(N)=NCC1(c2c(F)cccc2F)CCC1. The van der Waals surface area contributed by atoms with E-state index in [1.165, 1.54) is 18.2 Å². The molecule has 1 aromatic rings. The molecule has 0 bridgehead atoms. The topological polar surface area (TPSA) is 50.4 Å². The monoisotopic (exact) mass is 293 g/mol. The zero-order valence-corrected chi connectivity index (χ0v) is 12.3. The molecule has 0 unspecified atom stereocenters. The molecule has 1 aromatic carbocycles. The van der Waals surface area contributed by atoms with Gasteiger partial charge in [-0.1, -0.05) is 24.6 Å². The Morgan fingerprint density at radius 1 is 1.38 bits per heavy atom. The van der Waals surface area contributed by atoms with Crippen LogP contribution in [0.15, 0.2) is 35.3 Å². The van der Waals surface area contributed by atoms with Crippen LogP contribution in [0.4, 0.5) is 8.78 Å². The van der Waals surface area contributed by atoms with Crippen molar-refractivity contribution in [3.8, 4) is 0 Å². The Balaban J connectivity index is 2.15. The summed E-state index contributed by atoms with van der Waals surface area (Å²) in [6.07, 6.45) is 2.40. The lowest BCUT2D eigenvalue weighted by Gasteiger charge is -2.41. The van der Waals surface area contributed by atoms with E-state index in [1.807, 2.05) is 6.92 Å². The number of guanidine groups is 1. The van der Waals surface area contributed by atoms with Crippen molar-refractivity contribution < 1.29 is 8.78 Å². The molecule has 0 amide bonds. The van der Waals surface area contributed by atoms with Gasteiger partial charge in [-0.15, -0.1) is 0 Å². The number of benzene rings is 1. The van der Waals surface area contributed by atoms with E-state index in [0.29, 0.717) is 13.1 Å². The molecule has 0 heterocycles. The van der Waals surface area contributed by atoms with Gasteiger partial charge in [-0.05, 0) is 31.9 Å². The van der Waals surface area contributed by atoms with Crippen molar-refractivity contribution in [2.75, 3.05) is 13.1 Å². The molecule has 0 atom stereocenters. The number of nitrogens with two attached hydrogens (primary N) is 1. The van der Waals surface area contributed by atoms with Crippen molar-refractivity contribution >= 4 is 5.96 Å². The standard InChI is InChI=1S/C16H21F2N3/c1-11(2)9-20-15(19)21-10-16(7-4-8-16)14-12(17)5-3-6-13(14)18/h3,5-6H,1,4,7-10H2,2H3,(H3,19,20,21). The largest absolute Gasteiger partial charge is 0.370 e. The van der Waals surface area contributed by atoms with Crippen LogP contribution in [0.5, 0.6) is 0 Å². The van der Waals surface area contributed by atoms with E-state index >= 15 is 0 Å². The molecular formula is C16H21F2N3. The summed E-state index contributed by atoms with van der Waals surface area (Å²) in [7, 11) is 0. The van der Waals surface area contributed by atoms with E-state index in [1.54, 1.807) is 0 Å². The first-order valence-electron chi connectivity index (χ1n) is 7.07. The normalized spacial score (nSPS) is 17.2. The average molecular weight is 293 g/mol. The molecule has 3 nitrogen and oxygen atoms in total. The van der Waals surface area contributed by atoms with Crippen LogP contribution in [0.25, 0.3) is 0 Å². The Morgan fingerprint density at radius 3 is 2.48 bits per heavy atom. The molecule has 5 heteroatoms. The molecular weight excluding hydrogens is 272 g/mol. The number of hydrogen-bond donors (Lipinski definition) is 2. The molecule has 21 heavy (non-hydrogen) atoms. The molecule has 0 aliphatic heterocycles. The Kier molecular flexibility index (Phi) is 4.60. The number of nitrogens with zero attached hydrogens (tertiary/aromatic N) is 1. The minimum absolute atomic E-state index is 0.146. The summed E-state index contributed by atoms with van der Waals surface area (Å²) in [5.41, 5.74) is 6.29. The van der Waals surface area contributed by atoms with Crippen LogP contribution in [0.3, 0.4) is 0 Å². The van der Waals surface area contributed by atoms with E-state index in [9.17, 15) is 8.78 Å². The van der Waals surface area contributed by atoms with Gasteiger partial charge in [0.2, 0.25) is 0 Å². The minimum atomic E-state index is -0.565. The lowest BCUT2D eigenvalue weighted by molar-refractivity contribution is 0.236. The van der Waals surface area contributed by atoms with Gasteiger partial charge >= 0.3 is 0 Å². The highest BCUT2D eigenvalue weighted by Gasteiger charge is 2.42. The highest BCUT2D eigenvalue weighted by molar-refractivity contribution is 5.78. The second-order valence-corrected chi connectivity index (χ2v) is 5.74. The Bertz CT molecular complexity index is 542. The van der Waals surface area contributed by atoms with Crippen molar-refractivity contribution in [1.29, 1.82) is 0 Å². The maximum Gasteiger partial charge on any atom is 0.188 e. The van der Waals surface area contributed by atoms with Crippen LogP contribution in [-0.4, -0.2) is 19.0 Å². The van der Waals surface area contributed by atoms with E-state index in [0.717, 1.165) is 24.8 Å². The van der Waals surface area contributed by atoms with Gasteiger partial charge in [0.05, 0.1) is 6.54 Å². The third-order valence-electron chi connectivity index (χ3n) is 3.93. The first-order valence-corrected chi connectivity index (χ1v) is 7.07. The molecule has 2 rings (SSSR count). The molecule has 0 spiro atoms. The first-order chi connectivity index (χ1) is 9.94. The van der Waals surface area contributed by atoms with E-state index < -0.39 is 17.0 Å². The smallest absolute Gasteiger partial charge is 0.188 e. The maximum atomic E-state index is 14.0. The zero-order chi connectivity index (χ0) is 15.5. The number of aliphatic imine (C=N–C) groups is 1. The van der Waals surface area contributed by atoms with Crippen molar-refractivity contribution in [3.05, 3.63) is 47.5 Å². The number of hydrogen-bond acceptors (Lipinski definition) is 1. The predicted octanol–water partition coefficient (Wildman–Crippen LogP) is 2.87. The minimum Gasteiger partial charge on any atom is -0.370 e. The lowest BCUT2D eigenvalue weighted by Crippen LogP contribution is -2.41. The van der Waals surface area contributed by atoms with Crippen LogP contribution in [0.1, 0.15) is 31.7 Å². The fourth-order valence-corrected chi connectivity index (χ4v) is 2.63. The molecule has 0 aromatic heterocycles. The second kappa shape index (κ2) is 6.24. The quantitative estimate of drug-likeness (QED) is 0.498. The van der Waals surface area contributed by atoms with Gasteiger partial charge in [-0.25, -0.2) is 8.78 Å². The van der Waals surface area contributed by atoms with Crippen molar-refractivity contribution in [2.24, 2.45) is 10.7 Å². The van der Waals surface area contributed by atoms with Gasteiger partial charge in [0.25, 0.3) is 0 Å². The van der Waals surface area contributed by atoms with Crippen LogP contribution < -0.4 is 11.1 Å². The van der Waals surface area contributed by atoms with Gasteiger partial charge in [0.15, 0.2) is 5.96 Å². The van der Waals surface area contributed by atoms with Crippen LogP contribution in [0, 0.1) is 11.6 Å². The molecule has 1 fully saturated rings. The summed E-state index contributed by atoms with van der Waals surface area (Å²) < 4.78 is 28.0. The molecule has 1 saturated carbocycles. The molecule has 0 radical (unpaired) electrons. The van der Waals surface area contributed by atoms with E-state index in [-0.39, 0.29) is 11.5 Å². The zero-order valence-electron chi connectivity index (χ0n) is 12.3. The molecule has 1 aliphatic carbocycles. The van der Waals surface area contributed by atoms with Gasteiger partial charge in [0.1, 0.15) is 11.6 Å². The predicted molar refractivity (Wildman–Crippen MR) is 81.2 cm³/mol. The average Bonchev–Trinajstić information content (AvgIpc) is 2.37. The first kappa shape index (κ1) is 15.5. The summed E-state index contributed by atoms with van der Waals surface area (Å²) in [6.45, 7) is 6.47. The lowest BCUT2D eigenvalue weighted by atomic mass is 9.64. The maximum absolute atomic E-state index is 14.0. The van der Waals surface area contributed by atoms with Gasteiger partial charge in [-0.3, -0.25) is 4.99 Å². The summed E-state index contributed by atoms with van der Waals surface area (Å²) in [5.74, 6) is -0.724. The van der Waals surface area contributed by atoms with Gasteiger partial charge < -0.3 is 11.1 Å². The van der Waals surface area contributed by atoms with Crippen molar-refractivity contribution in [2.45, 2.75) is 31.6 Å². The van der Waals surface area contributed by atoms with Crippen LogP contribution >= 0.6 is 0 Å². The molecule has 3 N–H and O–H groups in total. The molecule has 0 saturated heterocycles. The summed E-state index contributed by atoms with van der Waals surface area (Å²) >= 11 is 0. The Morgan fingerprint density at radius 2 is 2.00 bits per heavy atom. The summed E-state index contributed by atoms with van der Waals surface area (Å²) in [5, 5.41) is 2.92. The number of rotatable bonds is 5. The van der Waals surface area contributed by atoms with E-state index in [4.69, 9.17) is 5.73 Å². The molecule has 114 valence electrons. The Labute approximate surface area is 124 Å². The van der Waals surface area contributed by atoms with Crippen molar-refractivity contribution in [3.63, 3.8) is 0 Å². The van der Waals surface area contributed by atoms with Crippen LogP contribution in [-0.2, 0) is 5.41 Å². The number of halogens is 2.